The number of hydrogen-bond donors (Lipinski definition) is 1. The summed E-state index contributed by atoms with van der Waals surface area (Å²) in [6.45, 7) is 5.99. The Kier molecular flexibility index (Phi) is 4.07. The highest BCUT2D eigenvalue weighted by Gasteiger charge is 2.25. The van der Waals surface area contributed by atoms with E-state index < -0.39 is 0 Å². The third-order valence-electron chi connectivity index (χ3n) is 3.71. The van der Waals surface area contributed by atoms with Gasteiger partial charge in [-0.25, -0.2) is 4.98 Å². The molecule has 3 rings (SSSR count). The van der Waals surface area contributed by atoms with Crippen LogP contribution in [0, 0.1) is 6.92 Å². The number of H-pyrrole nitrogens is 1. The number of nitrogens with zero attached hydrogens (tertiary/aromatic N) is 2. The van der Waals surface area contributed by atoms with E-state index in [1.807, 2.05) is 29.5 Å². The van der Waals surface area contributed by atoms with E-state index in [-0.39, 0.29) is 12.0 Å². The summed E-state index contributed by atoms with van der Waals surface area (Å²) in [5, 5.41) is 3.03. The monoisotopic (exact) mass is 305 g/mol. The van der Waals surface area contributed by atoms with Crippen LogP contribution in [0.25, 0.3) is 11.3 Å². The van der Waals surface area contributed by atoms with E-state index in [1.54, 1.807) is 11.3 Å². The van der Waals surface area contributed by atoms with E-state index in [2.05, 4.69) is 16.9 Å². The normalized spacial score (nSPS) is 19.0. The van der Waals surface area contributed by atoms with Crippen molar-refractivity contribution in [2.75, 3.05) is 19.7 Å². The topological polar surface area (TPSA) is 58.2 Å². The lowest BCUT2D eigenvalue weighted by Gasteiger charge is -2.32. The second kappa shape index (κ2) is 5.99. The van der Waals surface area contributed by atoms with Gasteiger partial charge >= 0.3 is 0 Å². The Bertz CT molecular complexity index is 634. The van der Waals surface area contributed by atoms with Crippen LogP contribution < -0.4 is 0 Å². The summed E-state index contributed by atoms with van der Waals surface area (Å²) in [5.74, 6) is 0.0370. The molecule has 6 heteroatoms. The maximum Gasteiger partial charge on any atom is 0.270 e. The van der Waals surface area contributed by atoms with E-state index in [0.29, 0.717) is 25.4 Å². The van der Waals surface area contributed by atoms with Crippen molar-refractivity contribution in [3.63, 3.8) is 0 Å². The molecule has 1 aliphatic heterocycles. The Hall–Kier alpha value is -1.66. The van der Waals surface area contributed by atoms with Crippen LogP contribution in [0.2, 0.25) is 0 Å². The molecule has 1 unspecified atom stereocenters. The number of ether oxygens (including phenoxy) is 1. The van der Waals surface area contributed by atoms with Crippen molar-refractivity contribution in [1.29, 1.82) is 0 Å². The van der Waals surface area contributed by atoms with Gasteiger partial charge in [0.2, 0.25) is 0 Å². The Morgan fingerprint density at radius 2 is 2.48 bits per heavy atom. The van der Waals surface area contributed by atoms with Crippen molar-refractivity contribution >= 4 is 17.2 Å². The fourth-order valence-corrected chi connectivity index (χ4v) is 3.10. The minimum absolute atomic E-state index is 0.0370. The molecule has 1 atom stereocenters. The first-order valence-electron chi connectivity index (χ1n) is 7.19. The number of carbonyl (C=O) groups is 1. The molecule has 1 amide bonds. The third-order valence-corrected chi connectivity index (χ3v) is 4.48. The molecule has 2 aromatic rings. The van der Waals surface area contributed by atoms with Crippen molar-refractivity contribution < 1.29 is 9.53 Å². The van der Waals surface area contributed by atoms with E-state index in [4.69, 9.17) is 4.74 Å². The van der Waals surface area contributed by atoms with Crippen molar-refractivity contribution in [2.45, 2.75) is 26.4 Å². The molecule has 0 radical (unpaired) electrons. The molecule has 1 aliphatic rings. The van der Waals surface area contributed by atoms with Gasteiger partial charge in [-0.2, -0.15) is 0 Å². The van der Waals surface area contributed by atoms with Crippen molar-refractivity contribution in [2.24, 2.45) is 0 Å². The van der Waals surface area contributed by atoms with Crippen LogP contribution in [0.4, 0.5) is 0 Å². The Morgan fingerprint density at radius 3 is 3.19 bits per heavy atom. The Morgan fingerprint density at radius 1 is 1.62 bits per heavy atom. The fraction of sp³-hybridized carbons (Fsp3) is 0.467. The minimum atomic E-state index is 0.0370. The molecule has 21 heavy (non-hydrogen) atoms. The maximum atomic E-state index is 12.5. The van der Waals surface area contributed by atoms with E-state index in [1.165, 1.54) is 0 Å². The van der Waals surface area contributed by atoms with Gasteiger partial charge in [-0.15, -0.1) is 11.3 Å². The van der Waals surface area contributed by atoms with Crippen LogP contribution in [0.5, 0.6) is 0 Å². The Labute approximate surface area is 128 Å². The zero-order valence-electron chi connectivity index (χ0n) is 12.3. The van der Waals surface area contributed by atoms with Gasteiger partial charge in [0.15, 0.2) is 0 Å². The molecule has 0 aromatic carbocycles. The summed E-state index contributed by atoms with van der Waals surface area (Å²) in [6, 6.07) is 1.88. The number of thiazole rings is 1. The van der Waals surface area contributed by atoms with E-state index in [0.717, 1.165) is 22.7 Å². The predicted octanol–water partition coefficient (Wildman–Crippen LogP) is 2.70. The molecule has 1 N–H and O–H groups in total. The number of nitrogens with one attached hydrogen (secondary N) is 1. The van der Waals surface area contributed by atoms with Crippen LogP contribution in [0.15, 0.2) is 17.6 Å². The zero-order valence-corrected chi connectivity index (χ0v) is 13.1. The number of aromatic amines is 1. The van der Waals surface area contributed by atoms with Crippen molar-refractivity contribution in [1.82, 2.24) is 14.9 Å². The summed E-state index contributed by atoms with van der Waals surface area (Å²) in [6.07, 6.45) is 2.93. The van der Waals surface area contributed by atoms with Crippen LogP contribution in [0.3, 0.4) is 0 Å². The molecular weight excluding hydrogens is 286 g/mol. The summed E-state index contributed by atoms with van der Waals surface area (Å²) in [5.41, 5.74) is 2.50. The number of carbonyl (C=O) groups excluding carboxylic acids is 1. The summed E-state index contributed by atoms with van der Waals surface area (Å²) in [7, 11) is 0. The van der Waals surface area contributed by atoms with Gasteiger partial charge in [-0.1, -0.05) is 6.92 Å². The van der Waals surface area contributed by atoms with E-state index in [9.17, 15) is 4.79 Å². The SMILES string of the molecule is CCC1CN(C(=O)c2cc(-c3csc(C)n3)c[nH]2)CCO1. The fourth-order valence-electron chi connectivity index (χ4n) is 2.48. The first-order chi connectivity index (χ1) is 10.2. The highest BCUT2D eigenvalue weighted by molar-refractivity contribution is 7.09. The smallest absolute Gasteiger partial charge is 0.270 e. The first kappa shape index (κ1) is 14.3. The average molecular weight is 305 g/mol. The van der Waals surface area contributed by atoms with Gasteiger partial charge in [0.25, 0.3) is 5.91 Å². The zero-order chi connectivity index (χ0) is 14.8. The lowest BCUT2D eigenvalue weighted by atomic mass is 10.2. The first-order valence-corrected chi connectivity index (χ1v) is 8.07. The van der Waals surface area contributed by atoms with Crippen LogP contribution in [-0.2, 0) is 4.74 Å². The van der Waals surface area contributed by atoms with Crippen LogP contribution in [-0.4, -0.2) is 46.6 Å². The van der Waals surface area contributed by atoms with Crippen molar-refractivity contribution in [3.05, 3.63) is 28.3 Å². The summed E-state index contributed by atoms with van der Waals surface area (Å²) < 4.78 is 5.61. The second-order valence-corrected chi connectivity index (χ2v) is 6.27. The number of aryl methyl sites for hydroxylation is 1. The number of morpholine rings is 1. The van der Waals surface area contributed by atoms with Crippen LogP contribution in [0.1, 0.15) is 28.8 Å². The van der Waals surface area contributed by atoms with Crippen LogP contribution >= 0.6 is 11.3 Å². The van der Waals surface area contributed by atoms with Gasteiger partial charge in [0.1, 0.15) is 5.69 Å². The molecule has 0 spiro atoms. The average Bonchev–Trinajstić information content (AvgIpc) is 3.15. The van der Waals surface area contributed by atoms with Gasteiger partial charge in [-0.05, 0) is 19.4 Å². The lowest BCUT2D eigenvalue weighted by Crippen LogP contribution is -2.45. The molecule has 1 saturated heterocycles. The molecule has 5 nitrogen and oxygen atoms in total. The van der Waals surface area contributed by atoms with Crippen molar-refractivity contribution in [3.8, 4) is 11.3 Å². The summed E-state index contributed by atoms with van der Waals surface area (Å²) in [4.78, 5) is 21.9. The molecule has 3 heterocycles. The lowest BCUT2D eigenvalue weighted by molar-refractivity contribution is -0.0227. The minimum Gasteiger partial charge on any atom is -0.375 e. The van der Waals surface area contributed by atoms with Gasteiger partial charge < -0.3 is 14.6 Å². The quantitative estimate of drug-likeness (QED) is 0.948. The standard InChI is InChI=1S/C15H19N3O2S/c1-3-12-8-18(4-5-20-12)15(19)13-6-11(7-16-13)14-9-21-10(2)17-14/h6-7,9,12,16H,3-5,8H2,1-2H3. The molecular formula is C15H19N3O2S. The molecule has 2 aromatic heterocycles. The predicted molar refractivity (Wildman–Crippen MR) is 82.6 cm³/mol. The van der Waals surface area contributed by atoms with Gasteiger partial charge in [-0.3, -0.25) is 4.79 Å². The third kappa shape index (κ3) is 3.01. The number of hydrogen-bond acceptors (Lipinski definition) is 4. The maximum absolute atomic E-state index is 12.5. The molecule has 0 saturated carbocycles. The Balaban J connectivity index is 1.75. The molecule has 0 aliphatic carbocycles. The number of aromatic nitrogens is 2. The number of rotatable bonds is 3. The highest BCUT2D eigenvalue weighted by Crippen LogP contribution is 2.23. The van der Waals surface area contributed by atoms with E-state index >= 15 is 0 Å². The van der Waals surface area contributed by atoms with Gasteiger partial charge in [0, 0.05) is 30.2 Å². The molecule has 1 fully saturated rings. The summed E-state index contributed by atoms with van der Waals surface area (Å²) >= 11 is 1.61. The second-order valence-electron chi connectivity index (χ2n) is 5.21. The molecule has 0 bridgehead atoms. The number of amides is 1. The highest BCUT2D eigenvalue weighted by atomic mass is 32.1. The van der Waals surface area contributed by atoms with Gasteiger partial charge in [0.05, 0.1) is 23.4 Å². The molecule has 112 valence electrons. The largest absolute Gasteiger partial charge is 0.375 e.